The Balaban J connectivity index is 3.37. The predicted octanol–water partition coefficient (Wildman–Crippen LogP) is 3.02. The Hall–Kier alpha value is -1.42. The molecule has 0 aliphatic heterocycles. The SMILES string of the molecule is C[Si](C)(C)C#Cc1c(C#N)ccc(N)c1Cl. The third-order valence-electron chi connectivity index (χ3n) is 1.85. The molecule has 4 heteroatoms. The van der Waals surface area contributed by atoms with Crippen LogP contribution < -0.4 is 5.73 Å². The van der Waals surface area contributed by atoms with Crippen molar-refractivity contribution in [1.29, 1.82) is 5.26 Å². The number of halogens is 1. The molecular weight excluding hydrogens is 236 g/mol. The molecule has 0 heterocycles. The van der Waals surface area contributed by atoms with Gasteiger partial charge in [0.25, 0.3) is 0 Å². The Bertz CT molecular complexity index is 513. The predicted molar refractivity (Wildman–Crippen MR) is 70.8 cm³/mol. The number of benzene rings is 1. The molecule has 0 fully saturated rings. The number of nitrogen functional groups attached to an aromatic ring is 1. The van der Waals surface area contributed by atoms with E-state index in [0.717, 1.165) is 0 Å². The molecule has 0 aliphatic rings. The van der Waals surface area contributed by atoms with Gasteiger partial charge in [0, 0.05) is 0 Å². The van der Waals surface area contributed by atoms with E-state index in [1.54, 1.807) is 12.1 Å². The topological polar surface area (TPSA) is 49.8 Å². The molecule has 0 bridgehead atoms. The van der Waals surface area contributed by atoms with Gasteiger partial charge in [-0.05, 0) is 12.1 Å². The molecule has 0 aromatic heterocycles. The van der Waals surface area contributed by atoms with Gasteiger partial charge in [-0.3, -0.25) is 0 Å². The second kappa shape index (κ2) is 4.61. The van der Waals surface area contributed by atoms with Gasteiger partial charge in [0.2, 0.25) is 0 Å². The van der Waals surface area contributed by atoms with Gasteiger partial charge >= 0.3 is 0 Å². The molecule has 0 atom stereocenters. The third kappa shape index (κ3) is 3.03. The minimum Gasteiger partial charge on any atom is -0.397 e. The molecule has 0 saturated heterocycles. The van der Waals surface area contributed by atoms with Crippen LogP contribution in [0.2, 0.25) is 24.7 Å². The fraction of sp³-hybridized carbons (Fsp3) is 0.250. The molecule has 16 heavy (non-hydrogen) atoms. The molecule has 1 aromatic carbocycles. The largest absolute Gasteiger partial charge is 0.397 e. The van der Waals surface area contributed by atoms with E-state index in [0.29, 0.717) is 21.8 Å². The summed E-state index contributed by atoms with van der Waals surface area (Å²) < 4.78 is 0. The molecule has 0 unspecified atom stereocenters. The number of anilines is 1. The standard InChI is InChI=1S/C12H13ClN2Si/c1-16(2,3)7-6-10-9(8-14)4-5-11(15)12(10)13/h4-5H,15H2,1-3H3. The van der Waals surface area contributed by atoms with Crippen molar-refractivity contribution in [2.24, 2.45) is 0 Å². The molecule has 0 aliphatic carbocycles. The zero-order valence-corrected chi connectivity index (χ0v) is 11.3. The van der Waals surface area contributed by atoms with Gasteiger partial charge < -0.3 is 5.73 Å². The van der Waals surface area contributed by atoms with Crippen LogP contribution in [0.15, 0.2) is 12.1 Å². The van der Waals surface area contributed by atoms with Crippen molar-refractivity contribution in [3.8, 4) is 17.5 Å². The fourth-order valence-electron chi connectivity index (χ4n) is 1.06. The normalized spacial score (nSPS) is 10.2. The molecule has 0 amide bonds. The summed E-state index contributed by atoms with van der Waals surface area (Å²) in [6.07, 6.45) is 0. The van der Waals surface area contributed by atoms with Crippen LogP contribution in [-0.4, -0.2) is 8.07 Å². The smallest absolute Gasteiger partial charge is 0.129 e. The van der Waals surface area contributed by atoms with E-state index in [-0.39, 0.29) is 0 Å². The van der Waals surface area contributed by atoms with Crippen molar-refractivity contribution in [2.75, 3.05) is 5.73 Å². The first-order valence-electron chi connectivity index (χ1n) is 4.86. The van der Waals surface area contributed by atoms with Gasteiger partial charge in [0.15, 0.2) is 0 Å². The molecule has 0 radical (unpaired) electrons. The lowest BCUT2D eigenvalue weighted by Crippen LogP contribution is -2.16. The molecule has 0 saturated carbocycles. The Morgan fingerprint density at radius 1 is 1.31 bits per heavy atom. The zero-order chi connectivity index (χ0) is 12.3. The maximum Gasteiger partial charge on any atom is 0.129 e. The van der Waals surface area contributed by atoms with Crippen LogP contribution in [0.1, 0.15) is 11.1 Å². The highest BCUT2D eigenvalue weighted by Gasteiger charge is 2.11. The van der Waals surface area contributed by atoms with Crippen molar-refractivity contribution in [2.45, 2.75) is 19.6 Å². The van der Waals surface area contributed by atoms with Gasteiger partial charge in [0.05, 0.1) is 21.8 Å². The lowest BCUT2D eigenvalue weighted by atomic mass is 10.1. The number of rotatable bonds is 0. The highest BCUT2D eigenvalue weighted by atomic mass is 35.5. The summed E-state index contributed by atoms with van der Waals surface area (Å²) in [7, 11) is -1.49. The second-order valence-electron chi connectivity index (χ2n) is 4.50. The number of nitriles is 1. The molecule has 2 nitrogen and oxygen atoms in total. The molecule has 82 valence electrons. The Kier molecular flexibility index (Phi) is 3.65. The van der Waals surface area contributed by atoms with Crippen LogP contribution >= 0.6 is 11.6 Å². The number of nitrogens with zero attached hydrogens (tertiary/aromatic N) is 1. The third-order valence-corrected chi connectivity index (χ3v) is 3.14. The van der Waals surface area contributed by atoms with Crippen LogP contribution in [0.3, 0.4) is 0 Å². The average molecular weight is 249 g/mol. The summed E-state index contributed by atoms with van der Waals surface area (Å²) >= 11 is 6.04. The summed E-state index contributed by atoms with van der Waals surface area (Å²) in [6.45, 7) is 6.39. The molecule has 0 spiro atoms. The van der Waals surface area contributed by atoms with E-state index in [1.165, 1.54) is 0 Å². The maximum atomic E-state index is 8.96. The summed E-state index contributed by atoms with van der Waals surface area (Å²) in [6, 6.07) is 5.35. The van der Waals surface area contributed by atoms with Crippen molar-refractivity contribution < 1.29 is 0 Å². The Labute approximate surface area is 102 Å². The van der Waals surface area contributed by atoms with Crippen molar-refractivity contribution in [3.05, 3.63) is 28.3 Å². The van der Waals surface area contributed by atoms with Gasteiger partial charge in [-0.25, -0.2) is 0 Å². The highest BCUT2D eigenvalue weighted by molar-refractivity contribution is 6.83. The first-order valence-corrected chi connectivity index (χ1v) is 8.74. The summed E-state index contributed by atoms with van der Waals surface area (Å²) in [5, 5.41) is 9.34. The van der Waals surface area contributed by atoms with E-state index in [1.807, 2.05) is 0 Å². The van der Waals surface area contributed by atoms with Gasteiger partial charge in [0.1, 0.15) is 14.1 Å². The lowest BCUT2D eigenvalue weighted by molar-refractivity contribution is 1.47. The van der Waals surface area contributed by atoms with E-state index < -0.39 is 8.07 Å². The zero-order valence-electron chi connectivity index (χ0n) is 9.56. The Morgan fingerprint density at radius 2 is 1.94 bits per heavy atom. The quantitative estimate of drug-likeness (QED) is 0.436. The average Bonchev–Trinajstić information content (AvgIpc) is 2.19. The summed E-state index contributed by atoms with van der Waals surface area (Å²) in [5.41, 5.74) is 10.3. The van der Waals surface area contributed by atoms with Crippen LogP contribution in [0.5, 0.6) is 0 Å². The summed E-state index contributed by atoms with van der Waals surface area (Å²) in [4.78, 5) is 0. The van der Waals surface area contributed by atoms with Crippen LogP contribution in [0, 0.1) is 22.8 Å². The van der Waals surface area contributed by atoms with Crippen molar-refractivity contribution >= 4 is 25.4 Å². The molecule has 2 N–H and O–H groups in total. The first kappa shape index (κ1) is 12.6. The van der Waals surface area contributed by atoms with Gasteiger partial charge in [-0.2, -0.15) is 5.26 Å². The maximum absolute atomic E-state index is 8.96. The lowest BCUT2D eigenvalue weighted by Gasteiger charge is -2.06. The second-order valence-corrected chi connectivity index (χ2v) is 9.63. The van der Waals surface area contributed by atoms with E-state index >= 15 is 0 Å². The number of nitrogens with two attached hydrogens (primary N) is 1. The van der Waals surface area contributed by atoms with E-state index in [9.17, 15) is 0 Å². The van der Waals surface area contributed by atoms with Gasteiger partial charge in [-0.15, -0.1) is 5.54 Å². The first-order chi connectivity index (χ1) is 7.35. The van der Waals surface area contributed by atoms with E-state index in [4.69, 9.17) is 22.6 Å². The van der Waals surface area contributed by atoms with Crippen LogP contribution in [0.4, 0.5) is 5.69 Å². The molecule has 1 rings (SSSR count). The minimum atomic E-state index is -1.49. The monoisotopic (exact) mass is 248 g/mol. The minimum absolute atomic E-state index is 0.379. The molecule has 1 aromatic rings. The highest BCUT2D eigenvalue weighted by Crippen LogP contribution is 2.25. The Morgan fingerprint density at radius 3 is 2.44 bits per heavy atom. The number of hydrogen-bond acceptors (Lipinski definition) is 2. The molecular formula is C12H13ClN2Si. The van der Waals surface area contributed by atoms with Crippen LogP contribution in [0.25, 0.3) is 0 Å². The summed E-state index contributed by atoms with van der Waals surface area (Å²) in [5.74, 6) is 2.99. The van der Waals surface area contributed by atoms with Crippen molar-refractivity contribution in [3.63, 3.8) is 0 Å². The van der Waals surface area contributed by atoms with Gasteiger partial charge in [-0.1, -0.05) is 37.2 Å². The number of hydrogen-bond donors (Lipinski definition) is 1. The fourth-order valence-corrected chi connectivity index (χ4v) is 1.77. The van der Waals surface area contributed by atoms with Crippen LogP contribution in [-0.2, 0) is 0 Å². The van der Waals surface area contributed by atoms with Crippen molar-refractivity contribution in [1.82, 2.24) is 0 Å². The van der Waals surface area contributed by atoms with E-state index in [2.05, 4.69) is 37.2 Å².